The van der Waals surface area contributed by atoms with Crippen LogP contribution in [-0.2, 0) is 6.42 Å². The van der Waals surface area contributed by atoms with Crippen molar-refractivity contribution in [3.63, 3.8) is 0 Å². The number of aryl methyl sites for hydroxylation is 1. The minimum Gasteiger partial charge on any atom is -0.393 e. The lowest BCUT2D eigenvalue weighted by atomic mass is 9.95. The van der Waals surface area contributed by atoms with Gasteiger partial charge in [-0.25, -0.2) is 8.78 Å². The summed E-state index contributed by atoms with van der Waals surface area (Å²) in [6, 6.07) is 3.95. The highest BCUT2D eigenvalue weighted by Crippen LogP contribution is 2.29. The third-order valence-corrected chi connectivity index (χ3v) is 3.66. The molecule has 1 unspecified atom stereocenters. The molecular weight excluding hydrogens is 222 g/mol. The fourth-order valence-corrected chi connectivity index (χ4v) is 2.59. The van der Waals surface area contributed by atoms with E-state index in [9.17, 15) is 13.9 Å². The summed E-state index contributed by atoms with van der Waals surface area (Å²) in [5.41, 5.74) is 0.751. The van der Waals surface area contributed by atoms with Gasteiger partial charge in [0.2, 0.25) is 0 Å². The first-order chi connectivity index (χ1) is 8.16. The molecule has 0 aliphatic heterocycles. The van der Waals surface area contributed by atoms with Crippen LogP contribution in [0.2, 0.25) is 0 Å². The van der Waals surface area contributed by atoms with Gasteiger partial charge >= 0.3 is 0 Å². The molecule has 0 saturated heterocycles. The summed E-state index contributed by atoms with van der Waals surface area (Å²) in [4.78, 5) is 0. The van der Waals surface area contributed by atoms with E-state index in [2.05, 4.69) is 0 Å². The van der Waals surface area contributed by atoms with E-state index < -0.39 is 11.6 Å². The largest absolute Gasteiger partial charge is 0.393 e. The normalized spacial score (nSPS) is 18.5. The molecule has 17 heavy (non-hydrogen) atoms. The van der Waals surface area contributed by atoms with E-state index in [1.54, 1.807) is 6.07 Å². The van der Waals surface area contributed by atoms with Gasteiger partial charge in [-0.2, -0.15) is 0 Å². The number of hydrogen-bond acceptors (Lipinski definition) is 1. The number of aliphatic hydroxyl groups excluding tert-OH is 1. The Balaban J connectivity index is 1.86. The Hall–Kier alpha value is -0.960. The molecule has 0 amide bonds. The van der Waals surface area contributed by atoms with E-state index >= 15 is 0 Å². The predicted molar refractivity (Wildman–Crippen MR) is 62.6 cm³/mol. The summed E-state index contributed by atoms with van der Waals surface area (Å²) in [5, 5.41) is 9.97. The Morgan fingerprint density at radius 3 is 2.53 bits per heavy atom. The molecule has 3 heteroatoms. The molecule has 1 saturated carbocycles. The Morgan fingerprint density at radius 1 is 1.18 bits per heavy atom. The first-order valence-corrected chi connectivity index (χ1v) is 6.29. The van der Waals surface area contributed by atoms with Crippen LogP contribution in [0.15, 0.2) is 18.2 Å². The molecule has 1 fully saturated rings. The highest BCUT2D eigenvalue weighted by molar-refractivity contribution is 5.17. The quantitative estimate of drug-likeness (QED) is 0.854. The molecule has 0 radical (unpaired) electrons. The molecule has 1 aromatic carbocycles. The Morgan fingerprint density at radius 2 is 1.88 bits per heavy atom. The molecule has 1 aromatic rings. The lowest BCUT2D eigenvalue weighted by Crippen LogP contribution is -2.18. The molecule has 1 aliphatic rings. The molecule has 0 spiro atoms. The van der Waals surface area contributed by atoms with Crippen LogP contribution in [0.5, 0.6) is 0 Å². The van der Waals surface area contributed by atoms with E-state index in [0.29, 0.717) is 18.8 Å². The Kier molecular flexibility index (Phi) is 4.11. The van der Waals surface area contributed by atoms with Crippen LogP contribution in [0.3, 0.4) is 0 Å². The second kappa shape index (κ2) is 5.58. The fraction of sp³-hybridized carbons (Fsp3) is 0.571. The lowest BCUT2D eigenvalue weighted by molar-refractivity contribution is 0.102. The summed E-state index contributed by atoms with van der Waals surface area (Å²) < 4.78 is 25.7. The van der Waals surface area contributed by atoms with Crippen molar-refractivity contribution in [3.8, 4) is 0 Å². The third-order valence-electron chi connectivity index (χ3n) is 3.66. The molecule has 1 aliphatic carbocycles. The minimum atomic E-state index is -0.815. The van der Waals surface area contributed by atoms with Crippen LogP contribution in [-0.4, -0.2) is 11.2 Å². The lowest BCUT2D eigenvalue weighted by Gasteiger charge is -2.17. The molecule has 0 heterocycles. The average molecular weight is 240 g/mol. The van der Waals surface area contributed by atoms with Crippen molar-refractivity contribution in [1.29, 1.82) is 0 Å². The monoisotopic (exact) mass is 240 g/mol. The van der Waals surface area contributed by atoms with Gasteiger partial charge in [0.05, 0.1) is 6.10 Å². The first-order valence-electron chi connectivity index (χ1n) is 6.29. The van der Waals surface area contributed by atoms with Crippen LogP contribution in [0, 0.1) is 17.6 Å². The van der Waals surface area contributed by atoms with Crippen molar-refractivity contribution in [2.75, 3.05) is 0 Å². The van der Waals surface area contributed by atoms with Crippen LogP contribution < -0.4 is 0 Å². The first kappa shape index (κ1) is 12.5. The maximum Gasteiger partial charge on any atom is 0.159 e. The Bertz CT molecular complexity index is 372. The van der Waals surface area contributed by atoms with Gasteiger partial charge in [-0.1, -0.05) is 18.9 Å². The number of aliphatic hydroxyl groups is 1. The molecule has 2 rings (SSSR count). The van der Waals surface area contributed by atoms with Crippen molar-refractivity contribution in [2.45, 2.75) is 44.6 Å². The van der Waals surface area contributed by atoms with Crippen LogP contribution in [0.4, 0.5) is 8.78 Å². The van der Waals surface area contributed by atoms with E-state index in [-0.39, 0.29) is 6.10 Å². The van der Waals surface area contributed by atoms with Gasteiger partial charge in [-0.05, 0) is 49.3 Å². The molecule has 0 bridgehead atoms. The zero-order valence-corrected chi connectivity index (χ0v) is 9.83. The van der Waals surface area contributed by atoms with Gasteiger partial charge in [0.1, 0.15) is 0 Å². The van der Waals surface area contributed by atoms with Crippen molar-refractivity contribution >= 4 is 0 Å². The van der Waals surface area contributed by atoms with Gasteiger partial charge in [0.25, 0.3) is 0 Å². The van der Waals surface area contributed by atoms with E-state index in [1.807, 2.05) is 0 Å². The minimum absolute atomic E-state index is 0.300. The van der Waals surface area contributed by atoms with E-state index in [1.165, 1.54) is 18.9 Å². The predicted octanol–water partition coefficient (Wildman–Crippen LogP) is 3.45. The molecule has 1 nitrogen and oxygen atoms in total. The summed E-state index contributed by atoms with van der Waals surface area (Å²) in [5.74, 6) is -1.22. The standard InChI is InChI=1S/C14H18F2O/c15-12-7-5-10(9-13(12)16)6-8-14(17)11-3-1-2-4-11/h5,7,9,11,14,17H,1-4,6,8H2. The number of halogens is 2. The summed E-state index contributed by atoms with van der Waals surface area (Å²) in [7, 11) is 0. The smallest absolute Gasteiger partial charge is 0.159 e. The van der Waals surface area contributed by atoms with Gasteiger partial charge in [-0.15, -0.1) is 0 Å². The molecule has 1 N–H and O–H groups in total. The molecular formula is C14H18F2O. The van der Waals surface area contributed by atoms with E-state index in [0.717, 1.165) is 24.5 Å². The third kappa shape index (κ3) is 3.25. The summed E-state index contributed by atoms with van der Waals surface area (Å²) in [6.07, 6.45) is 5.54. The second-order valence-electron chi connectivity index (χ2n) is 4.90. The van der Waals surface area contributed by atoms with Gasteiger partial charge < -0.3 is 5.11 Å². The van der Waals surface area contributed by atoms with Crippen LogP contribution in [0.25, 0.3) is 0 Å². The highest BCUT2D eigenvalue weighted by atomic mass is 19.2. The number of hydrogen-bond donors (Lipinski definition) is 1. The SMILES string of the molecule is OC(CCc1ccc(F)c(F)c1)C1CCCC1. The fourth-order valence-electron chi connectivity index (χ4n) is 2.59. The van der Waals surface area contributed by atoms with Crippen LogP contribution >= 0.6 is 0 Å². The Labute approximate surface area is 100 Å². The van der Waals surface area contributed by atoms with Crippen molar-refractivity contribution < 1.29 is 13.9 Å². The second-order valence-corrected chi connectivity index (χ2v) is 4.90. The molecule has 0 aromatic heterocycles. The van der Waals surface area contributed by atoms with Crippen molar-refractivity contribution in [2.24, 2.45) is 5.92 Å². The van der Waals surface area contributed by atoms with Crippen molar-refractivity contribution in [1.82, 2.24) is 0 Å². The van der Waals surface area contributed by atoms with Gasteiger partial charge in [-0.3, -0.25) is 0 Å². The summed E-state index contributed by atoms with van der Waals surface area (Å²) >= 11 is 0. The zero-order valence-electron chi connectivity index (χ0n) is 9.83. The average Bonchev–Trinajstić information content (AvgIpc) is 2.84. The van der Waals surface area contributed by atoms with Gasteiger partial charge in [0.15, 0.2) is 11.6 Å². The maximum atomic E-state index is 13.0. The summed E-state index contributed by atoms with van der Waals surface area (Å²) in [6.45, 7) is 0. The topological polar surface area (TPSA) is 20.2 Å². The van der Waals surface area contributed by atoms with E-state index in [4.69, 9.17) is 0 Å². The maximum absolute atomic E-state index is 13.0. The van der Waals surface area contributed by atoms with Crippen LogP contribution in [0.1, 0.15) is 37.7 Å². The zero-order chi connectivity index (χ0) is 12.3. The van der Waals surface area contributed by atoms with Crippen molar-refractivity contribution in [3.05, 3.63) is 35.4 Å². The number of rotatable bonds is 4. The molecule has 1 atom stereocenters. The highest BCUT2D eigenvalue weighted by Gasteiger charge is 2.22. The van der Waals surface area contributed by atoms with Gasteiger partial charge in [0, 0.05) is 0 Å². The number of benzene rings is 1. The molecule has 94 valence electrons.